The fourth-order valence-electron chi connectivity index (χ4n) is 2.94. The van der Waals surface area contributed by atoms with E-state index in [1.807, 2.05) is 17.2 Å². The Morgan fingerprint density at radius 3 is 2.90 bits per heavy atom. The highest BCUT2D eigenvalue weighted by molar-refractivity contribution is 5.79. The second-order valence-corrected chi connectivity index (χ2v) is 5.45. The van der Waals surface area contributed by atoms with Crippen molar-refractivity contribution < 1.29 is 4.79 Å². The third kappa shape index (κ3) is 3.79. The molecule has 1 amide bonds. The van der Waals surface area contributed by atoms with E-state index in [0.717, 1.165) is 45.6 Å². The Hall–Kier alpha value is -1.42. The highest BCUT2D eigenvalue weighted by atomic mass is 16.2. The maximum absolute atomic E-state index is 12.4. The second kappa shape index (κ2) is 7.39. The predicted molar refractivity (Wildman–Crippen MR) is 80.2 cm³/mol. The largest absolute Gasteiger partial charge is 0.343 e. The molecule has 0 spiro atoms. The first kappa shape index (κ1) is 15.0. The molecule has 2 rings (SSSR count). The maximum Gasteiger partial charge on any atom is 0.226 e. The molecule has 0 saturated carbocycles. The molecule has 1 aromatic heterocycles. The number of nitrogens with zero attached hydrogens (tertiary/aromatic N) is 3. The van der Waals surface area contributed by atoms with Gasteiger partial charge in [-0.25, -0.2) is 0 Å². The summed E-state index contributed by atoms with van der Waals surface area (Å²) in [6, 6.07) is 4.07. The molecule has 0 aromatic carbocycles. The predicted octanol–water partition coefficient (Wildman–Crippen LogP) is 2.16. The van der Waals surface area contributed by atoms with Crippen LogP contribution in [-0.2, 0) is 11.3 Å². The molecule has 1 aliphatic heterocycles. The summed E-state index contributed by atoms with van der Waals surface area (Å²) in [6.07, 6.45) is 5.85. The summed E-state index contributed by atoms with van der Waals surface area (Å²) in [5, 5.41) is 0. The Morgan fingerprint density at radius 1 is 1.45 bits per heavy atom. The van der Waals surface area contributed by atoms with E-state index in [1.54, 1.807) is 6.20 Å². The van der Waals surface area contributed by atoms with Crippen LogP contribution in [0.1, 0.15) is 32.3 Å². The van der Waals surface area contributed by atoms with Crippen LogP contribution >= 0.6 is 0 Å². The molecule has 1 fully saturated rings. The molecule has 110 valence electrons. The van der Waals surface area contributed by atoms with Crippen molar-refractivity contribution in [2.45, 2.75) is 33.2 Å². The molecule has 1 aromatic rings. The van der Waals surface area contributed by atoms with Gasteiger partial charge in [0.15, 0.2) is 0 Å². The van der Waals surface area contributed by atoms with Gasteiger partial charge in [-0.2, -0.15) is 0 Å². The Kier molecular flexibility index (Phi) is 5.53. The molecule has 4 heteroatoms. The van der Waals surface area contributed by atoms with E-state index in [-0.39, 0.29) is 5.92 Å². The van der Waals surface area contributed by atoms with Crippen molar-refractivity contribution in [1.82, 2.24) is 14.8 Å². The number of amides is 1. The van der Waals surface area contributed by atoms with E-state index in [2.05, 4.69) is 29.8 Å². The van der Waals surface area contributed by atoms with Gasteiger partial charge < -0.3 is 4.90 Å². The van der Waals surface area contributed by atoms with Gasteiger partial charge >= 0.3 is 0 Å². The van der Waals surface area contributed by atoms with E-state index in [1.165, 1.54) is 5.56 Å². The normalized spacial score (nSPS) is 19.8. The number of carbonyl (C=O) groups is 1. The van der Waals surface area contributed by atoms with Crippen LogP contribution < -0.4 is 0 Å². The second-order valence-electron chi connectivity index (χ2n) is 5.45. The van der Waals surface area contributed by atoms with Crippen LogP contribution in [0.25, 0.3) is 0 Å². The van der Waals surface area contributed by atoms with Crippen molar-refractivity contribution in [3.8, 4) is 0 Å². The van der Waals surface area contributed by atoms with Gasteiger partial charge in [-0.3, -0.25) is 14.7 Å². The lowest BCUT2D eigenvalue weighted by atomic mass is 9.96. The SMILES string of the molecule is CCN(CC)C(=O)C1CCCN(Cc2cccnc2)C1. The van der Waals surface area contributed by atoms with Crippen LogP contribution in [0.2, 0.25) is 0 Å². The molecule has 0 radical (unpaired) electrons. The number of pyridine rings is 1. The monoisotopic (exact) mass is 275 g/mol. The zero-order valence-corrected chi connectivity index (χ0v) is 12.6. The highest BCUT2D eigenvalue weighted by Gasteiger charge is 2.28. The topological polar surface area (TPSA) is 36.4 Å². The number of piperidine rings is 1. The highest BCUT2D eigenvalue weighted by Crippen LogP contribution is 2.20. The standard InChI is InChI=1S/C16H25N3O/c1-3-19(4-2)16(20)15-8-6-10-18(13-15)12-14-7-5-9-17-11-14/h5,7,9,11,15H,3-4,6,8,10,12-13H2,1-2H3. The molecule has 1 atom stereocenters. The van der Waals surface area contributed by atoms with E-state index >= 15 is 0 Å². The van der Waals surface area contributed by atoms with Gasteiger partial charge in [-0.15, -0.1) is 0 Å². The van der Waals surface area contributed by atoms with Gasteiger partial charge in [-0.05, 0) is 44.9 Å². The van der Waals surface area contributed by atoms with E-state index in [0.29, 0.717) is 5.91 Å². The van der Waals surface area contributed by atoms with Crippen molar-refractivity contribution in [2.24, 2.45) is 5.92 Å². The fraction of sp³-hybridized carbons (Fsp3) is 0.625. The molecule has 0 bridgehead atoms. The van der Waals surface area contributed by atoms with E-state index in [9.17, 15) is 4.79 Å². The number of hydrogen-bond acceptors (Lipinski definition) is 3. The van der Waals surface area contributed by atoms with Crippen LogP contribution in [0.15, 0.2) is 24.5 Å². The van der Waals surface area contributed by atoms with Gasteiger partial charge in [0.25, 0.3) is 0 Å². The van der Waals surface area contributed by atoms with E-state index < -0.39 is 0 Å². The van der Waals surface area contributed by atoms with Crippen molar-refractivity contribution >= 4 is 5.91 Å². The van der Waals surface area contributed by atoms with Gasteiger partial charge in [0, 0.05) is 38.6 Å². The van der Waals surface area contributed by atoms with Gasteiger partial charge in [0.05, 0.1) is 5.92 Å². The summed E-state index contributed by atoms with van der Waals surface area (Å²) in [5.74, 6) is 0.492. The first-order valence-electron chi connectivity index (χ1n) is 7.64. The third-order valence-electron chi connectivity index (χ3n) is 4.06. The molecule has 1 saturated heterocycles. The average molecular weight is 275 g/mol. The molecule has 4 nitrogen and oxygen atoms in total. The Balaban J connectivity index is 1.93. The van der Waals surface area contributed by atoms with Crippen LogP contribution in [0.3, 0.4) is 0 Å². The molecular weight excluding hydrogens is 250 g/mol. The quantitative estimate of drug-likeness (QED) is 0.826. The lowest BCUT2D eigenvalue weighted by Gasteiger charge is -2.34. The molecule has 1 aliphatic rings. The summed E-state index contributed by atoms with van der Waals surface area (Å²) in [5.41, 5.74) is 1.23. The molecule has 2 heterocycles. The van der Waals surface area contributed by atoms with Crippen LogP contribution in [0, 0.1) is 5.92 Å². The Morgan fingerprint density at radius 2 is 2.25 bits per heavy atom. The lowest BCUT2D eigenvalue weighted by molar-refractivity contribution is -0.137. The molecule has 0 N–H and O–H groups in total. The van der Waals surface area contributed by atoms with Crippen molar-refractivity contribution in [3.63, 3.8) is 0 Å². The summed E-state index contributed by atoms with van der Waals surface area (Å²) in [7, 11) is 0. The fourth-order valence-corrected chi connectivity index (χ4v) is 2.94. The molecule has 0 aliphatic carbocycles. The first-order chi connectivity index (χ1) is 9.74. The molecule has 20 heavy (non-hydrogen) atoms. The Labute approximate surface area is 121 Å². The van der Waals surface area contributed by atoms with Crippen molar-refractivity contribution in [2.75, 3.05) is 26.2 Å². The van der Waals surface area contributed by atoms with Crippen LogP contribution in [0.5, 0.6) is 0 Å². The summed E-state index contributed by atoms with van der Waals surface area (Å²) < 4.78 is 0. The summed E-state index contributed by atoms with van der Waals surface area (Å²) >= 11 is 0. The van der Waals surface area contributed by atoms with Gasteiger partial charge in [0.2, 0.25) is 5.91 Å². The van der Waals surface area contributed by atoms with E-state index in [4.69, 9.17) is 0 Å². The maximum atomic E-state index is 12.4. The number of hydrogen-bond donors (Lipinski definition) is 0. The summed E-state index contributed by atoms with van der Waals surface area (Å²) in [4.78, 5) is 20.9. The Bertz CT molecular complexity index is 417. The van der Waals surface area contributed by atoms with Gasteiger partial charge in [0.1, 0.15) is 0 Å². The number of carbonyl (C=O) groups excluding carboxylic acids is 1. The number of likely N-dealkylation sites (tertiary alicyclic amines) is 1. The minimum atomic E-state index is 0.167. The minimum absolute atomic E-state index is 0.167. The van der Waals surface area contributed by atoms with Crippen LogP contribution in [-0.4, -0.2) is 46.9 Å². The third-order valence-corrected chi connectivity index (χ3v) is 4.06. The average Bonchev–Trinajstić information content (AvgIpc) is 2.49. The lowest BCUT2D eigenvalue weighted by Crippen LogP contribution is -2.44. The molecule has 1 unspecified atom stereocenters. The first-order valence-corrected chi connectivity index (χ1v) is 7.64. The van der Waals surface area contributed by atoms with Crippen molar-refractivity contribution in [1.29, 1.82) is 0 Å². The summed E-state index contributed by atoms with van der Waals surface area (Å²) in [6.45, 7) is 8.59. The van der Waals surface area contributed by atoms with Gasteiger partial charge in [-0.1, -0.05) is 6.07 Å². The zero-order valence-electron chi connectivity index (χ0n) is 12.6. The minimum Gasteiger partial charge on any atom is -0.343 e. The number of rotatable bonds is 5. The smallest absolute Gasteiger partial charge is 0.226 e. The number of aromatic nitrogens is 1. The van der Waals surface area contributed by atoms with Crippen LogP contribution in [0.4, 0.5) is 0 Å². The molecular formula is C16H25N3O. The van der Waals surface area contributed by atoms with Crippen molar-refractivity contribution in [3.05, 3.63) is 30.1 Å². The zero-order chi connectivity index (χ0) is 14.4.